The first-order valence-electron chi connectivity index (χ1n) is 2.93. The van der Waals surface area contributed by atoms with Crippen LogP contribution in [0.4, 0.5) is 0 Å². The minimum Gasteiger partial charge on any atom is -0.496 e. The lowest BCUT2D eigenvalue weighted by Gasteiger charge is -1.96. The molecule has 0 aliphatic heterocycles. The Morgan fingerprint density at radius 3 is 2.56 bits per heavy atom. The van der Waals surface area contributed by atoms with Gasteiger partial charge in [0.25, 0.3) is 0 Å². The third-order valence-corrected chi connectivity index (χ3v) is 0.779. The van der Waals surface area contributed by atoms with Crippen LogP contribution in [0.15, 0.2) is 17.3 Å². The van der Waals surface area contributed by atoms with Gasteiger partial charge in [-0.3, -0.25) is 4.99 Å². The van der Waals surface area contributed by atoms with Gasteiger partial charge in [0.15, 0.2) is 0 Å². The van der Waals surface area contributed by atoms with E-state index >= 15 is 0 Å². The maximum absolute atomic E-state index is 4.76. The Labute approximate surface area is 56.2 Å². The van der Waals surface area contributed by atoms with E-state index in [4.69, 9.17) is 4.74 Å². The fourth-order valence-corrected chi connectivity index (χ4v) is 0.285. The average Bonchev–Trinajstić information content (AvgIpc) is 1.83. The summed E-state index contributed by atoms with van der Waals surface area (Å²) in [7, 11) is 1.58. The lowest BCUT2D eigenvalue weighted by Crippen LogP contribution is -1.91. The smallest absolute Gasteiger partial charge is 0.129 e. The van der Waals surface area contributed by atoms with Crippen molar-refractivity contribution in [1.82, 2.24) is 0 Å². The lowest BCUT2D eigenvalue weighted by atomic mass is 10.4. The van der Waals surface area contributed by atoms with E-state index in [0.29, 0.717) is 11.8 Å². The van der Waals surface area contributed by atoms with Gasteiger partial charge in [-0.05, 0) is 13.8 Å². The van der Waals surface area contributed by atoms with Crippen molar-refractivity contribution in [2.75, 3.05) is 7.11 Å². The molecule has 0 saturated heterocycles. The number of rotatable bonds is 3. The number of hydrogen-bond acceptors (Lipinski definition) is 2. The summed E-state index contributed by atoms with van der Waals surface area (Å²) in [5.41, 5.74) is 0. The standard InChI is InChI=1S/C7H13NO/c1-6(2)8-5-7(3)9-4/h5-6H,3H2,1-2,4H3. The van der Waals surface area contributed by atoms with Crippen molar-refractivity contribution < 1.29 is 4.74 Å². The normalized spacial score (nSPS) is 10.7. The number of ether oxygens (including phenoxy) is 1. The summed E-state index contributed by atoms with van der Waals surface area (Å²) in [6.45, 7) is 7.57. The molecular weight excluding hydrogens is 114 g/mol. The van der Waals surface area contributed by atoms with Crippen molar-refractivity contribution in [2.45, 2.75) is 19.9 Å². The molecule has 0 aliphatic rings. The minimum absolute atomic E-state index is 0.317. The van der Waals surface area contributed by atoms with Crippen LogP contribution in [-0.4, -0.2) is 19.4 Å². The molecule has 0 N–H and O–H groups in total. The Morgan fingerprint density at radius 2 is 2.22 bits per heavy atom. The van der Waals surface area contributed by atoms with Crippen LogP contribution < -0.4 is 0 Å². The SMILES string of the molecule is C=C(C=NC(C)C)OC. The highest BCUT2D eigenvalue weighted by Gasteiger charge is 1.85. The predicted molar refractivity (Wildman–Crippen MR) is 39.8 cm³/mol. The summed E-state index contributed by atoms with van der Waals surface area (Å²) in [6, 6.07) is 0.317. The summed E-state index contributed by atoms with van der Waals surface area (Å²) in [5, 5.41) is 0. The highest BCUT2D eigenvalue weighted by Crippen LogP contribution is 1.88. The second-order valence-electron chi connectivity index (χ2n) is 2.04. The van der Waals surface area contributed by atoms with Gasteiger partial charge in [0.2, 0.25) is 0 Å². The number of nitrogens with zero attached hydrogens (tertiary/aromatic N) is 1. The molecule has 0 atom stereocenters. The fourth-order valence-electron chi connectivity index (χ4n) is 0.285. The molecular formula is C7H13NO. The maximum Gasteiger partial charge on any atom is 0.129 e. The van der Waals surface area contributed by atoms with Crippen LogP contribution in [0, 0.1) is 0 Å². The Balaban J connectivity index is 3.57. The van der Waals surface area contributed by atoms with Gasteiger partial charge in [-0.1, -0.05) is 6.58 Å². The lowest BCUT2D eigenvalue weighted by molar-refractivity contribution is 0.319. The summed E-state index contributed by atoms with van der Waals surface area (Å²) in [4.78, 5) is 4.05. The molecule has 0 radical (unpaired) electrons. The molecule has 2 heteroatoms. The second kappa shape index (κ2) is 4.13. The minimum atomic E-state index is 0.317. The number of hydrogen-bond donors (Lipinski definition) is 0. The molecule has 0 saturated carbocycles. The zero-order valence-corrected chi connectivity index (χ0v) is 6.22. The maximum atomic E-state index is 4.76. The molecule has 52 valence electrons. The van der Waals surface area contributed by atoms with Crippen LogP contribution >= 0.6 is 0 Å². The van der Waals surface area contributed by atoms with Gasteiger partial charge in [-0.15, -0.1) is 0 Å². The van der Waals surface area contributed by atoms with Gasteiger partial charge in [-0.25, -0.2) is 0 Å². The molecule has 0 heterocycles. The van der Waals surface area contributed by atoms with Crippen LogP contribution in [0.1, 0.15) is 13.8 Å². The third kappa shape index (κ3) is 5.07. The van der Waals surface area contributed by atoms with Crippen LogP contribution in [0.2, 0.25) is 0 Å². The Bertz CT molecular complexity index is 116. The van der Waals surface area contributed by atoms with E-state index in [1.54, 1.807) is 13.3 Å². The molecule has 0 aliphatic carbocycles. The fraction of sp³-hybridized carbons (Fsp3) is 0.571. The van der Waals surface area contributed by atoms with Crippen molar-refractivity contribution in [3.05, 3.63) is 12.3 Å². The van der Waals surface area contributed by atoms with Crippen LogP contribution in [0.5, 0.6) is 0 Å². The first kappa shape index (κ1) is 8.21. The molecule has 0 bridgehead atoms. The highest BCUT2D eigenvalue weighted by molar-refractivity contribution is 5.74. The molecule has 0 unspecified atom stereocenters. The van der Waals surface area contributed by atoms with Gasteiger partial charge in [0, 0.05) is 6.04 Å². The summed E-state index contributed by atoms with van der Waals surface area (Å²) in [6.07, 6.45) is 1.63. The molecule has 0 spiro atoms. The molecule has 0 aromatic heterocycles. The van der Waals surface area contributed by atoms with Crippen LogP contribution in [-0.2, 0) is 4.74 Å². The molecule has 0 aromatic rings. The molecule has 0 fully saturated rings. The largest absolute Gasteiger partial charge is 0.496 e. The van der Waals surface area contributed by atoms with Crippen molar-refractivity contribution in [1.29, 1.82) is 0 Å². The van der Waals surface area contributed by atoms with Crippen molar-refractivity contribution in [3.63, 3.8) is 0 Å². The molecule has 2 nitrogen and oxygen atoms in total. The first-order chi connectivity index (χ1) is 4.16. The van der Waals surface area contributed by atoms with Gasteiger partial charge < -0.3 is 4.74 Å². The van der Waals surface area contributed by atoms with E-state index in [2.05, 4.69) is 11.6 Å². The molecule has 0 aromatic carbocycles. The third-order valence-electron chi connectivity index (χ3n) is 0.779. The number of aliphatic imine (C=N–C) groups is 1. The number of methoxy groups -OCH3 is 1. The van der Waals surface area contributed by atoms with Crippen molar-refractivity contribution >= 4 is 6.21 Å². The van der Waals surface area contributed by atoms with Crippen LogP contribution in [0.25, 0.3) is 0 Å². The summed E-state index contributed by atoms with van der Waals surface area (Å²) < 4.78 is 4.76. The first-order valence-corrected chi connectivity index (χ1v) is 2.93. The predicted octanol–water partition coefficient (Wildman–Crippen LogP) is 1.63. The van der Waals surface area contributed by atoms with Crippen molar-refractivity contribution in [3.8, 4) is 0 Å². The topological polar surface area (TPSA) is 21.6 Å². The van der Waals surface area contributed by atoms with Gasteiger partial charge in [-0.2, -0.15) is 0 Å². The van der Waals surface area contributed by atoms with Gasteiger partial charge in [0.05, 0.1) is 13.3 Å². The van der Waals surface area contributed by atoms with E-state index in [0.717, 1.165) is 0 Å². The molecule has 9 heavy (non-hydrogen) atoms. The van der Waals surface area contributed by atoms with E-state index in [1.165, 1.54) is 0 Å². The molecule has 0 rings (SSSR count). The molecule has 0 amide bonds. The van der Waals surface area contributed by atoms with E-state index < -0.39 is 0 Å². The van der Waals surface area contributed by atoms with Crippen molar-refractivity contribution in [2.24, 2.45) is 4.99 Å². The van der Waals surface area contributed by atoms with Gasteiger partial charge >= 0.3 is 0 Å². The zero-order valence-electron chi connectivity index (χ0n) is 6.22. The summed E-state index contributed by atoms with van der Waals surface area (Å²) in [5.74, 6) is 0.601. The quantitative estimate of drug-likeness (QED) is 0.417. The van der Waals surface area contributed by atoms with E-state index in [9.17, 15) is 0 Å². The number of allylic oxidation sites excluding steroid dienone is 1. The van der Waals surface area contributed by atoms with Crippen LogP contribution in [0.3, 0.4) is 0 Å². The second-order valence-corrected chi connectivity index (χ2v) is 2.04. The average molecular weight is 127 g/mol. The monoisotopic (exact) mass is 127 g/mol. The zero-order chi connectivity index (χ0) is 7.28. The Hall–Kier alpha value is -0.790. The highest BCUT2D eigenvalue weighted by atomic mass is 16.5. The Kier molecular flexibility index (Phi) is 3.76. The summed E-state index contributed by atoms with van der Waals surface area (Å²) >= 11 is 0. The van der Waals surface area contributed by atoms with E-state index in [-0.39, 0.29) is 0 Å². The van der Waals surface area contributed by atoms with E-state index in [1.807, 2.05) is 13.8 Å². The Morgan fingerprint density at radius 1 is 1.67 bits per heavy atom. The van der Waals surface area contributed by atoms with Gasteiger partial charge in [0.1, 0.15) is 5.76 Å².